The molecule has 0 aromatic heterocycles. The predicted octanol–water partition coefficient (Wildman–Crippen LogP) is 3.06. The van der Waals surface area contributed by atoms with E-state index in [0.29, 0.717) is 5.56 Å². The maximum atomic E-state index is 12.2. The van der Waals surface area contributed by atoms with Gasteiger partial charge in [0.2, 0.25) is 5.91 Å². The molecule has 0 radical (unpaired) electrons. The minimum atomic E-state index is -0.618. The number of anilines is 1. The number of hydrogen-bond donors (Lipinski definition) is 2. The van der Waals surface area contributed by atoms with Crippen molar-refractivity contribution in [2.75, 3.05) is 5.32 Å². The summed E-state index contributed by atoms with van der Waals surface area (Å²) in [5.74, 6) is -0.488. The van der Waals surface area contributed by atoms with Crippen LogP contribution < -0.4 is 10.6 Å². The first-order chi connectivity index (χ1) is 10.5. The summed E-state index contributed by atoms with van der Waals surface area (Å²) < 4.78 is 0. The van der Waals surface area contributed by atoms with Crippen LogP contribution in [-0.2, 0) is 4.79 Å². The Morgan fingerprint density at radius 1 is 1.00 bits per heavy atom. The van der Waals surface area contributed by atoms with Crippen LogP contribution in [0.4, 0.5) is 5.69 Å². The summed E-state index contributed by atoms with van der Waals surface area (Å²) in [7, 11) is 0. The SMILES string of the molecule is Cc1cccc(NC(=O)[C@@H](C)NC(=O)c2ccccc2C)c1. The monoisotopic (exact) mass is 296 g/mol. The minimum Gasteiger partial charge on any atom is -0.341 e. The highest BCUT2D eigenvalue weighted by atomic mass is 16.2. The molecular weight excluding hydrogens is 276 g/mol. The van der Waals surface area contributed by atoms with Gasteiger partial charge in [-0.2, -0.15) is 0 Å². The van der Waals surface area contributed by atoms with Crippen LogP contribution in [0.1, 0.15) is 28.4 Å². The average molecular weight is 296 g/mol. The van der Waals surface area contributed by atoms with Crippen molar-refractivity contribution in [1.29, 1.82) is 0 Å². The van der Waals surface area contributed by atoms with Gasteiger partial charge in [0.05, 0.1) is 0 Å². The Morgan fingerprint density at radius 2 is 1.73 bits per heavy atom. The summed E-state index contributed by atoms with van der Waals surface area (Å²) in [6.07, 6.45) is 0. The van der Waals surface area contributed by atoms with Gasteiger partial charge >= 0.3 is 0 Å². The van der Waals surface area contributed by atoms with Crippen LogP contribution in [0.3, 0.4) is 0 Å². The van der Waals surface area contributed by atoms with Gasteiger partial charge in [-0.1, -0.05) is 30.3 Å². The first kappa shape index (κ1) is 15.8. The summed E-state index contributed by atoms with van der Waals surface area (Å²) in [6, 6.07) is 14.2. The van der Waals surface area contributed by atoms with E-state index in [1.807, 2.05) is 50.2 Å². The number of nitrogens with one attached hydrogen (secondary N) is 2. The van der Waals surface area contributed by atoms with E-state index in [0.717, 1.165) is 16.8 Å². The van der Waals surface area contributed by atoms with E-state index < -0.39 is 6.04 Å². The van der Waals surface area contributed by atoms with Gasteiger partial charge in [-0.05, 0) is 50.1 Å². The molecule has 0 unspecified atom stereocenters. The van der Waals surface area contributed by atoms with Crippen molar-refractivity contribution >= 4 is 17.5 Å². The van der Waals surface area contributed by atoms with Gasteiger partial charge < -0.3 is 10.6 Å². The fourth-order valence-electron chi connectivity index (χ4n) is 2.14. The lowest BCUT2D eigenvalue weighted by molar-refractivity contribution is -0.117. The molecule has 114 valence electrons. The zero-order chi connectivity index (χ0) is 16.1. The lowest BCUT2D eigenvalue weighted by Gasteiger charge is -2.15. The molecule has 0 saturated heterocycles. The number of carbonyl (C=O) groups is 2. The van der Waals surface area contributed by atoms with Crippen molar-refractivity contribution in [1.82, 2.24) is 5.32 Å². The zero-order valence-corrected chi connectivity index (χ0v) is 13.0. The molecule has 4 heteroatoms. The van der Waals surface area contributed by atoms with Crippen LogP contribution >= 0.6 is 0 Å². The predicted molar refractivity (Wildman–Crippen MR) is 87.9 cm³/mol. The topological polar surface area (TPSA) is 58.2 Å². The Labute approximate surface area is 130 Å². The molecule has 1 atom stereocenters. The molecule has 0 aliphatic rings. The Balaban J connectivity index is 1.99. The fourth-order valence-corrected chi connectivity index (χ4v) is 2.14. The molecule has 2 aromatic carbocycles. The van der Waals surface area contributed by atoms with Crippen molar-refractivity contribution in [3.63, 3.8) is 0 Å². The van der Waals surface area contributed by atoms with E-state index >= 15 is 0 Å². The van der Waals surface area contributed by atoms with E-state index in [-0.39, 0.29) is 11.8 Å². The molecule has 0 bridgehead atoms. The lowest BCUT2D eigenvalue weighted by atomic mass is 10.1. The third-order valence-electron chi connectivity index (χ3n) is 3.42. The van der Waals surface area contributed by atoms with E-state index in [1.54, 1.807) is 19.1 Å². The smallest absolute Gasteiger partial charge is 0.252 e. The van der Waals surface area contributed by atoms with Crippen LogP contribution in [-0.4, -0.2) is 17.9 Å². The van der Waals surface area contributed by atoms with E-state index in [2.05, 4.69) is 10.6 Å². The average Bonchev–Trinajstić information content (AvgIpc) is 2.47. The summed E-state index contributed by atoms with van der Waals surface area (Å²) in [5, 5.41) is 5.52. The molecule has 22 heavy (non-hydrogen) atoms. The molecule has 0 saturated carbocycles. The summed E-state index contributed by atoms with van der Waals surface area (Å²) >= 11 is 0. The highest BCUT2D eigenvalue weighted by molar-refractivity contribution is 6.01. The van der Waals surface area contributed by atoms with Gasteiger partial charge in [-0.3, -0.25) is 9.59 Å². The van der Waals surface area contributed by atoms with Gasteiger partial charge in [-0.25, -0.2) is 0 Å². The second kappa shape index (κ2) is 6.89. The number of benzene rings is 2. The summed E-state index contributed by atoms with van der Waals surface area (Å²) in [5.41, 5.74) is 3.25. The van der Waals surface area contributed by atoms with Crippen molar-refractivity contribution in [3.05, 3.63) is 65.2 Å². The molecule has 2 N–H and O–H groups in total. The maximum absolute atomic E-state index is 12.2. The largest absolute Gasteiger partial charge is 0.341 e. The van der Waals surface area contributed by atoms with Gasteiger partial charge in [0, 0.05) is 11.3 Å². The van der Waals surface area contributed by atoms with Crippen LogP contribution in [0.15, 0.2) is 48.5 Å². The first-order valence-electron chi connectivity index (χ1n) is 7.21. The van der Waals surface area contributed by atoms with Crippen LogP contribution in [0.25, 0.3) is 0 Å². The van der Waals surface area contributed by atoms with Gasteiger partial charge in [0.25, 0.3) is 5.91 Å². The van der Waals surface area contributed by atoms with E-state index in [9.17, 15) is 9.59 Å². The zero-order valence-electron chi connectivity index (χ0n) is 13.0. The molecule has 0 aliphatic heterocycles. The first-order valence-corrected chi connectivity index (χ1v) is 7.21. The number of aryl methyl sites for hydroxylation is 2. The number of amides is 2. The van der Waals surface area contributed by atoms with E-state index in [1.165, 1.54) is 0 Å². The lowest BCUT2D eigenvalue weighted by Crippen LogP contribution is -2.41. The Kier molecular flexibility index (Phi) is 4.94. The number of hydrogen-bond acceptors (Lipinski definition) is 2. The number of rotatable bonds is 4. The van der Waals surface area contributed by atoms with Gasteiger partial charge in [0.1, 0.15) is 6.04 Å². The highest BCUT2D eigenvalue weighted by Gasteiger charge is 2.17. The molecule has 2 rings (SSSR count). The third-order valence-corrected chi connectivity index (χ3v) is 3.42. The van der Waals surface area contributed by atoms with Gasteiger partial charge in [-0.15, -0.1) is 0 Å². The van der Waals surface area contributed by atoms with Crippen LogP contribution in [0.2, 0.25) is 0 Å². The Bertz CT molecular complexity index is 695. The van der Waals surface area contributed by atoms with Crippen molar-refractivity contribution in [3.8, 4) is 0 Å². The standard InChI is InChI=1S/C18H20N2O2/c1-12-7-6-9-15(11-12)20-17(21)14(3)19-18(22)16-10-5-4-8-13(16)2/h4-11,14H,1-3H3,(H,19,22)(H,20,21)/t14-/m1/s1. The Morgan fingerprint density at radius 3 is 2.41 bits per heavy atom. The normalized spacial score (nSPS) is 11.6. The quantitative estimate of drug-likeness (QED) is 0.911. The molecule has 0 aliphatic carbocycles. The maximum Gasteiger partial charge on any atom is 0.252 e. The van der Waals surface area contributed by atoms with Crippen LogP contribution in [0, 0.1) is 13.8 Å². The summed E-state index contributed by atoms with van der Waals surface area (Å²) in [6.45, 7) is 5.49. The second-order valence-corrected chi connectivity index (χ2v) is 5.37. The van der Waals surface area contributed by atoms with Crippen molar-refractivity contribution in [2.45, 2.75) is 26.8 Å². The van der Waals surface area contributed by atoms with Crippen molar-refractivity contribution in [2.24, 2.45) is 0 Å². The highest BCUT2D eigenvalue weighted by Crippen LogP contribution is 2.10. The molecule has 2 amide bonds. The Hall–Kier alpha value is -2.62. The van der Waals surface area contributed by atoms with Crippen LogP contribution in [0.5, 0.6) is 0 Å². The third kappa shape index (κ3) is 3.95. The minimum absolute atomic E-state index is 0.243. The summed E-state index contributed by atoms with van der Waals surface area (Å²) in [4.78, 5) is 24.3. The molecule has 0 spiro atoms. The molecule has 0 fully saturated rings. The second-order valence-electron chi connectivity index (χ2n) is 5.37. The fraction of sp³-hybridized carbons (Fsp3) is 0.222. The number of carbonyl (C=O) groups excluding carboxylic acids is 2. The molecule has 4 nitrogen and oxygen atoms in total. The van der Waals surface area contributed by atoms with E-state index in [4.69, 9.17) is 0 Å². The molecular formula is C18H20N2O2. The molecule has 2 aromatic rings. The van der Waals surface area contributed by atoms with Gasteiger partial charge in [0.15, 0.2) is 0 Å². The molecule has 0 heterocycles. The van der Waals surface area contributed by atoms with Crippen molar-refractivity contribution < 1.29 is 9.59 Å².